The number of nitrogens with zero attached hydrogens (tertiary/aromatic N) is 1. The molecule has 174 valence electrons. The average molecular weight is 474 g/mol. The highest BCUT2D eigenvalue weighted by Crippen LogP contribution is 2.27. The molecule has 2 aromatic rings. The number of ketones is 1. The summed E-state index contributed by atoms with van der Waals surface area (Å²) in [5.74, 6) is 2.69. The lowest BCUT2D eigenvalue weighted by molar-refractivity contribution is -0.144. The van der Waals surface area contributed by atoms with Gasteiger partial charge in [0.1, 0.15) is 0 Å². The summed E-state index contributed by atoms with van der Waals surface area (Å²) in [4.78, 5) is 28.1. The fourth-order valence-corrected chi connectivity index (χ4v) is 5.45. The number of thioether (sulfide) groups is 2. The fourth-order valence-electron chi connectivity index (χ4n) is 3.35. The molecule has 0 aromatic heterocycles. The lowest BCUT2D eigenvalue weighted by Crippen LogP contribution is -2.50. The van der Waals surface area contributed by atoms with E-state index < -0.39 is 5.54 Å². The average Bonchev–Trinajstić information content (AvgIpc) is 2.80. The third kappa shape index (κ3) is 7.68. The molecular formula is C26H35NO3S2. The standard InChI is InChI=1S/C26H35NO3S2/c1-20(25(29)30-5)19-31-15-10-16-32-23-14-9-13-22(17-23)24(28)26(2,27(3)4)18-21-11-7-6-8-12-21/h6-9,11-14,17,20H,10,15-16,18-19H2,1-5H3. The van der Waals surface area contributed by atoms with Crippen LogP contribution in [0.4, 0.5) is 0 Å². The van der Waals surface area contributed by atoms with Gasteiger partial charge in [-0.15, -0.1) is 11.8 Å². The predicted octanol–water partition coefficient (Wildman–Crippen LogP) is 5.46. The largest absolute Gasteiger partial charge is 0.469 e. The van der Waals surface area contributed by atoms with Gasteiger partial charge < -0.3 is 4.74 Å². The first-order chi connectivity index (χ1) is 15.3. The second kappa shape index (κ2) is 13.1. The van der Waals surface area contributed by atoms with Crippen LogP contribution in [0, 0.1) is 5.92 Å². The summed E-state index contributed by atoms with van der Waals surface area (Å²) in [5.41, 5.74) is 1.29. The maximum atomic E-state index is 13.5. The van der Waals surface area contributed by atoms with Gasteiger partial charge in [0.25, 0.3) is 0 Å². The van der Waals surface area contributed by atoms with E-state index in [4.69, 9.17) is 4.74 Å². The molecule has 0 saturated heterocycles. The number of carbonyl (C=O) groups is 2. The van der Waals surface area contributed by atoms with Crippen LogP contribution in [0.3, 0.4) is 0 Å². The Morgan fingerprint density at radius 3 is 2.44 bits per heavy atom. The molecule has 0 aliphatic carbocycles. The Bertz CT molecular complexity index is 872. The van der Waals surface area contributed by atoms with E-state index >= 15 is 0 Å². The molecule has 0 saturated carbocycles. The summed E-state index contributed by atoms with van der Waals surface area (Å²) in [6, 6.07) is 18.2. The molecule has 2 rings (SSSR count). The minimum Gasteiger partial charge on any atom is -0.469 e. The van der Waals surface area contributed by atoms with E-state index in [1.54, 1.807) is 23.5 Å². The summed E-state index contributed by atoms with van der Waals surface area (Å²) >= 11 is 3.56. The van der Waals surface area contributed by atoms with Crippen LogP contribution < -0.4 is 0 Å². The van der Waals surface area contributed by atoms with Crippen molar-refractivity contribution in [2.75, 3.05) is 38.5 Å². The van der Waals surface area contributed by atoms with Gasteiger partial charge in [-0.25, -0.2) is 0 Å². The van der Waals surface area contributed by atoms with Gasteiger partial charge in [0.15, 0.2) is 5.78 Å². The van der Waals surface area contributed by atoms with E-state index in [1.165, 1.54) is 7.11 Å². The minimum atomic E-state index is -0.613. The van der Waals surface area contributed by atoms with Gasteiger partial charge in [0.05, 0.1) is 18.6 Å². The summed E-state index contributed by atoms with van der Waals surface area (Å²) in [6.45, 7) is 3.92. The fraction of sp³-hybridized carbons (Fsp3) is 0.462. The molecule has 0 heterocycles. The van der Waals surface area contributed by atoms with E-state index in [1.807, 2.05) is 69.2 Å². The molecule has 0 spiro atoms. The smallest absolute Gasteiger partial charge is 0.309 e. The van der Waals surface area contributed by atoms with Crippen LogP contribution in [-0.4, -0.2) is 60.7 Å². The summed E-state index contributed by atoms with van der Waals surface area (Å²) in [5, 5.41) is 0. The van der Waals surface area contributed by atoms with E-state index in [0.717, 1.165) is 39.7 Å². The highest BCUT2D eigenvalue weighted by molar-refractivity contribution is 8.00. The van der Waals surface area contributed by atoms with Gasteiger partial charge in [-0.05, 0) is 63.1 Å². The molecule has 0 aliphatic heterocycles. The number of likely N-dealkylation sites (N-methyl/N-ethyl adjacent to an activating group) is 1. The number of rotatable bonds is 13. The Morgan fingerprint density at radius 2 is 1.78 bits per heavy atom. The zero-order valence-corrected chi connectivity index (χ0v) is 21.4. The van der Waals surface area contributed by atoms with Crippen molar-refractivity contribution >= 4 is 35.3 Å². The van der Waals surface area contributed by atoms with Gasteiger partial charge in [-0.3, -0.25) is 14.5 Å². The van der Waals surface area contributed by atoms with Crippen LogP contribution in [0.15, 0.2) is 59.5 Å². The minimum absolute atomic E-state index is 0.0674. The summed E-state index contributed by atoms with van der Waals surface area (Å²) < 4.78 is 4.76. The molecular weight excluding hydrogens is 438 g/mol. The quantitative estimate of drug-likeness (QED) is 0.167. The lowest BCUT2D eigenvalue weighted by atomic mass is 9.84. The molecule has 0 fully saturated rings. The van der Waals surface area contributed by atoms with Crippen LogP contribution in [0.5, 0.6) is 0 Å². The molecule has 0 N–H and O–H groups in total. The van der Waals surface area contributed by atoms with E-state index in [-0.39, 0.29) is 17.7 Å². The van der Waals surface area contributed by atoms with E-state index in [2.05, 4.69) is 18.2 Å². The highest BCUT2D eigenvalue weighted by atomic mass is 32.2. The monoisotopic (exact) mass is 473 g/mol. The summed E-state index contributed by atoms with van der Waals surface area (Å²) in [7, 11) is 5.37. The van der Waals surface area contributed by atoms with Gasteiger partial charge in [0, 0.05) is 16.2 Å². The molecule has 32 heavy (non-hydrogen) atoms. The molecule has 2 atom stereocenters. The van der Waals surface area contributed by atoms with Crippen LogP contribution >= 0.6 is 23.5 Å². The Morgan fingerprint density at radius 1 is 1.06 bits per heavy atom. The number of hydrogen-bond donors (Lipinski definition) is 0. The van der Waals surface area contributed by atoms with Crippen LogP contribution in [0.2, 0.25) is 0 Å². The van der Waals surface area contributed by atoms with Gasteiger partial charge >= 0.3 is 5.97 Å². The van der Waals surface area contributed by atoms with Crippen LogP contribution in [0.25, 0.3) is 0 Å². The lowest BCUT2D eigenvalue weighted by Gasteiger charge is -2.35. The maximum absolute atomic E-state index is 13.5. The number of carbonyl (C=O) groups excluding carboxylic acids is 2. The van der Waals surface area contributed by atoms with Crippen LogP contribution in [-0.2, 0) is 16.0 Å². The Kier molecular flexibility index (Phi) is 10.8. The second-order valence-corrected chi connectivity index (χ2v) is 10.7. The number of benzene rings is 2. The van der Waals surface area contributed by atoms with Crippen molar-refractivity contribution in [3.8, 4) is 0 Å². The molecule has 0 amide bonds. The molecule has 2 unspecified atom stereocenters. The van der Waals surface area contributed by atoms with Crippen molar-refractivity contribution in [2.45, 2.75) is 37.1 Å². The number of hydrogen-bond acceptors (Lipinski definition) is 6. The maximum Gasteiger partial charge on any atom is 0.309 e. The number of Topliss-reactive ketones (excluding diaryl/α,β-unsaturated/α-hetero) is 1. The Balaban J connectivity index is 1.93. The highest BCUT2D eigenvalue weighted by Gasteiger charge is 2.36. The van der Waals surface area contributed by atoms with E-state index in [0.29, 0.717) is 6.42 Å². The molecule has 4 nitrogen and oxygen atoms in total. The normalized spacial score (nSPS) is 14.1. The number of methoxy groups -OCH3 is 1. The molecule has 0 radical (unpaired) electrons. The Hall–Kier alpha value is -1.76. The van der Waals surface area contributed by atoms with Crippen molar-refractivity contribution in [2.24, 2.45) is 5.92 Å². The van der Waals surface area contributed by atoms with Gasteiger partial charge in [-0.1, -0.05) is 49.4 Å². The predicted molar refractivity (Wildman–Crippen MR) is 137 cm³/mol. The first kappa shape index (κ1) is 26.5. The SMILES string of the molecule is COC(=O)C(C)CSCCCSc1cccc(C(=O)C(C)(Cc2ccccc2)N(C)C)c1. The van der Waals surface area contributed by atoms with Crippen molar-refractivity contribution in [3.05, 3.63) is 65.7 Å². The Labute approximate surface area is 201 Å². The zero-order chi connectivity index (χ0) is 23.6. The van der Waals surface area contributed by atoms with E-state index in [9.17, 15) is 9.59 Å². The topological polar surface area (TPSA) is 46.6 Å². The first-order valence-electron chi connectivity index (χ1n) is 10.9. The van der Waals surface area contributed by atoms with Crippen molar-refractivity contribution in [1.82, 2.24) is 4.90 Å². The zero-order valence-electron chi connectivity index (χ0n) is 19.8. The third-order valence-corrected chi connectivity index (χ3v) is 8.03. The summed E-state index contributed by atoms with van der Waals surface area (Å²) in [6.07, 6.45) is 1.71. The van der Waals surface area contributed by atoms with Crippen LogP contribution in [0.1, 0.15) is 36.2 Å². The number of ether oxygens (including phenoxy) is 1. The van der Waals surface area contributed by atoms with Gasteiger partial charge in [0.2, 0.25) is 0 Å². The molecule has 6 heteroatoms. The first-order valence-corrected chi connectivity index (χ1v) is 13.1. The van der Waals surface area contributed by atoms with Crippen molar-refractivity contribution < 1.29 is 14.3 Å². The molecule has 0 bridgehead atoms. The number of esters is 1. The third-order valence-electron chi connectivity index (χ3n) is 5.64. The molecule has 0 aliphatic rings. The molecule has 2 aromatic carbocycles. The van der Waals surface area contributed by atoms with Crippen molar-refractivity contribution in [1.29, 1.82) is 0 Å². The second-order valence-electron chi connectivity index (χ2n) is 8.39. The van der Waals surface area contributed by atoms with Gasteiger partial charge in [-0.2, -0.15) is 11.8 Å². The van der Waals surface area contributed by atoms with Crippen molar-refractivity contribution in [3.63, 3.8) is 0 Å².